The highest BCUT2D eigenvalue weighted by atomic mass is 35.5. The molecule has 2 rings (SSSR count). The van der Waals surface area contributed by atoms with Crippen molar-refractivity contribution in [1.29, 1.82) is 0 Å². The molecule has 2 N–H and O–H groups in total. The first-order valence-corrected chi connectivity index (χ1v) is 5.43. The number of hydrogen-bond donors (Lipinski definition) is 1. The largest absolute Gasteiger partial charge is 1.00 e. The minimum atomic E-state index is 0. The van der Waals surface area contributed by atoms with Gasteiger partial charge in [-0.1, -0.05) is 0 Å². The molecule has 14 heavy (non-hydrogen) atoms. The van der Waals surface area contributed by atoms with Crippen LogP contribution in [0.15, 0.2) is 0 Å². The molecule has 0 aromatic rings. The second kappa shape index (κ2) is 5.91. The van der Waals surface area contributed by atoms with Crippen LogP contribution in [0.4, 0.5) is 0 Å². The van der Waals surface area contributed by atoms with E-state index in [0.717, 1.165) is 32.3 Å². The van der Waals surface area contributed by atoms with Crippen molar-refractivity contribution in [2.24, 2.45) is 5.73 Å². The third-order valence-electron chi connectivity index (χ3n) is 3.30. The van der Waals surface area contributed by atoms with E-state index < -0.39 is 0 Å². The Balaban J connectivity index is 0.000000980. The van der Waals surface area contributed by atoms with E-state index in [2.05, 4.69) is 4.90 Å². The van der Waals surface area contributed by atoms with Gasteiger partial charge in [-0.2, -0.15) is 0 Å². The number of rotatable bonds is 1. The van der Waals surface area contributed by atoms with Crippen molar-refractivity contribution in [2.45, 2.75) is 37.8 Å². The Kier molecular flexibility index (Phi) is 5.17. The van der Waals surface area contributed by atoms with Crippen molar-refractivity contribution in [3.63, 3.8) is 0 Å². The van der Waals surface area contributed by atoms with E-state index in [-0.39, 0.29) is 12.4 Å². The van der Waals surface area contributed by atoms with Crippen molar-refractivity contribution < 1.29 is 17.1 Å². The van der Waals surface area contributed by atoms with E-state index in [1.807, 2.05) is 0 Å². The summed E-state index contributed by atoms with van der Waals surface area (Å²) in [6.07, 6.45) is 5.01. The predicted octanol–water partition coefficient (Wildman–Crippen LogP) is -2.41. The fourth-order valence-electron chi connectivity index (χ4n) is 2.41. The Morgan fingerprint density at radius 1 is 1.00 bits per heavy atom. The molecule has 0 spiro atoms. The van der Waals surface area contributed by atoms with Crippen molar-refractivity contribution in [2.75, 3.05) is 26.3 Å². The van der Waals surface area contributed by atoms with Crippen LogP contribution in [0.3, 0.4) is 0 Å². The van der Waals surface area contributed by atoms with Gasteiger partial charge in [-0.25, -0.2) is 0 Å². The van der Waals surface area contributed by atoms with Gasteiger partial charge >= 0.3 is 0 Å². The molecule has 4 heteroatoms. The molecule has 0 radical (unpaired) electrons. The minimum absolute atomic E-state index is 0. The highest BCUT2D eigenvalue weighted by molar-refractivity contribution is 4.81. The topological polar surface area (TPSA) is 38.5 Å². The van der Waals surface area contributed by atoms with Gasteiger partial charge in [-0.05, 0) is 25.7 Å². The van der Waals surface area contributed by atoms with Crippen LogP contribution < -0.4 is 18.1 Å². The second-order valence-corrected chi connectivity index (χ2v) is 4.22. The molecule has 2 fully saturated rings. The Bertz CT molecular complexity index is 154. The quantitative estimate of drug-likeness (QED) is 0.534. The summed E-state index contributed by atoms with van der Waals surface area (Å²) in [5.41, 5.74) is 5.88. The Hall–Kier alpha value is 0.170. The molecule has 1 heterocycles. The van der Waals surface area contributed by atoms with E-state index >= 15 is 0 Å². The van der Waals surface area contributed by atoms with E-state index in [1.165, 1.54) is 25.7 Å². The molecule has 0 bridgehead atoms. The van der Waals surface area contributed by atoms with Gasteiger partial charge in [0.15, 0.2) is 0 Å². The number of nitrogens with two attached hydrogens (primary N) is 1. The molecule has 1 saturated heterocycles. The Morgan fingerprint density at radius 2 is 1.57 bits per heavy atom. The van der Waals surface area contributed by atoms with Crippen LogP contribution in [-0.4, -0.2) is 43.3 Å². The summed E-state index contributed by atoms with van der Waals surface area (Å²) in [7, 11) is 0. The van der Waals surface area contributed by atoms with Crippen molar-refractivity contribution >= 4 is 0 Å². The van der Waals surface area contributed by atoms with Crippen LogP contribution in [0.5, 0.6) is 0 Å². The molecule has 0 amide bonds. The first kappa shape index (κ1) is 12.2. The molecular weight excluding hydrogens is 200 g/mol. The monoisotopic (exact) mass is 219 g/mol. The van der Waals surface area contributed by atoms with Crippen molar-refractivity contribution in [3.8, 4) is 0 Å². The lowest BCUT2D eigenvalue weighted by atomic mass is 9.90. The lowest BCUT2D eigenvalue weighted by Crippen LogP contribution is -3.00. The van der Waals surface area contributed by atoms with Crippen LogP contribution in [0.1, 0.15) is 25.7 Å². The van der Waals surface area contributed by atoms with E-state index in [4.69, 9.17) is 10.5 Å². The molecular formula is C10H20ClN2O-. The van der Waals surface area contributed by atoms with Crippen molar-refractivity contribution in [1.82, 2.24) is 4.90 Å². The van der Waals surface area contributed by atoms with Crippen LogP contribution in [0.25, 0.3) is 0 Å². The Labute approximate surface area is 92.4 Å². The van der Waals surface area contributed by atoms with Crippen LogP contribution in [0, 0.1) is 0 Å². The van der Waals surface area contributed by atoms with Crippen LogP contribution in [0.2, 0.25) is 0 Å². The zero-order valence-corrected chi connectivity index (χ0v) is 9.38. The molecule has 2 aliphatic rings. The number of ether oxygens (including phenoxy) is 1. The molecule has 0 aromatic heterocycles. The van der Waals surface area contributed by atoms with Gasteiger partial charge in [0.2, 0.25) is 0 Å². The third kappa shape index (κ3) is 3.09. The average molecular weight is 220 g/mol. The normalized spacial score (nSPS) is 34.9. The summed E-state index contributed by atoms with van der Waals surface area (Å²) in [5.74, 6) is 0. The number of hydrogen-bond acceptors (Lipinski definition) is 3. The molecule has 1 aliphatic carbocycles. The standard InChI is InChI=1S/C10H20N2O.ClH/c11-9-1-3-10(4-2-9)12-5-7-13-8-6-12;/h9-10H,1-8,11H2;1H/p-1. The van der Waals surface area contributed by atoms with Gasteiger partial charge < -0.3 is 22.9 Å². The second-order valence-electron chi connectivity index (χ2n) is 4.22. The van der Waals surface area contributed by atoms with Crippen LogP contribution in [-0.2, 0) is 4.74 Å². The number of halogens is 1. The maximum Gasteiger partial charge on any atom is 0.0594 e. The number of nitrogens with zero attached hydrogens (tertiary/aromatic N) is 1. The highest BCUT2D eigenvalue weighted by Crippen LogP contribution is 2.22. The van der Waals surface area contributed by atoms with E-state index in [0.29, 0.717) is 6.04 Å². The predicted molar refractivity (Wildman–Crippen MR) is 52.6 cm³/mol. The lowest BCUT2D eigenvalue weighted by Gasteiger charge is -2.38. The first-order chi connectivity index (χ1) is 6.36. The molecule has 1 saturated carbocycles. The van der Waals surface area contributed by atoms with Gasteiger partial charge in [-0.3, -0.25) is 4.90 Å². The number of morpholine rings is 1. The zero-order chi connectivity index (χ0) is 9.10. The minimum Gasteiger partial charge on any atom is -1.00 e. The maximum atomic E-state index is 5.88. The summed E-state index contributed by atoms with van der Waals surface area (Å²) >= 11 is 0. The first-order valence-electron chi connectivity index (χ1n) is 5.43. The summed E-state index contributed by atoms with van der Waals surface area (Å²) in [5, 5.41) is 0. The van der Waals surface area contributed by atoms with Gasteiger partial charge in [0.05, 0.1) is 13.2 Å². The molecule has 0 aromatic carbocycles. The van der Waals surface area contributed by atoms with E-state index in [9.17, 15) is 0 Å². The third-order valence-corrected chi connectivity index (χ3v) is 3.30. The smallest absolute Gasteiger partial charge is 0.0594 e. The Morgan fingerprint density at radius 3 is 2.14 bits per heavy atom. The van der Waals surface area contributed by atoms with Crippen LogP contribution >= 0.6 is 0 Å². The maximum absolute atomic E-state index is 5.88. The van der Waals surface area contributed by atoms with Crippen molar-refractivity contribution in [3.05, 3.63) is 0 Å². The van der Waals surface area contributed by atoms with Gasteiger partial charge in [0, 0.05) is 25.2 Å². The molecule has 0 unspecified atom stereocenters. The SMILES string of the molecule is NC1CCC(N2CCOCC2)CC1.[Cl-]. The molecule has 84 valence electrons. The highest BCUT2D eigenvalue weighted by Gasteiger charge is 2.25. The van der Waals surface area contributed by atoms with Gasteiger partial charge in [-0.15, -0.1) is 0 Å². The molecule has 0 atom stereocenters. The van der Waals surface area contributed by atoms with E-state index in [1.54, 1.807) is 0 Å². The lowest BCUT2D eigenvalue weighted by molar-refractivity contribution is -0.00000716. The molecule has 3 nitrogen and oxygen atoms in total. The fraction of sp³-hybridized carbons (Fsp3) is 1.00. The van der Waals surface area contributed by atoms with Gasteiger partial charge in [0.25, 0.3) is 0 Å². The summed E-state index contributed by atoms with van der Waals surface area (Å²) in [6, 6.07) is 1.26. The summed E-state index contributed by atoms with van der Waals surface area (Å²) in [4.78, 5) is 2.58. The van der Waals surface area contributed by atoms with Gasteiger partial charge in [0.1, 0.15) is 0 Å². The fourth-order valence-corrected chi connectivity index (χ4v) is 2.41. The summed E-state index contributed by atoms with van der Waals surface area (Å²) in [6.45, 7) is 4.09. The summed E-state index contributed by atoms with van der Waals surface area (Å²) < 4.78 is 5.35. The molecule has 1 aliphatic heterocycles. The zero-order valence-electron chi connectivity index (χ0n) is 8.62. The average Bonchev–Trinajstić information content (AvgIpc) is 2.20.